The van der Waals surface area contributed by atoms with Crippen molar-refractivity contribution in [3.63, 3.8) is 0 Å². The molecular formula is C10H14N2OS. The lowest BCUT2D eigenvalue weighted by Crippen LogP contribution is -2.26. The van der Waals surface area contributed by atoms with E-state index in [1.54, 1.807) is 11.3 Å². The van der Waals surface area contributed by atoms with E-state index in [2.05, 4.69) is 27.8 Å². The molecule has 1 heterocycles. The number of nitrogens with zero attached hydrogens (tertiary/aromatic N) is 1. The van der Waals surface area contributed by atoms with Gasteiger partial charge in [0.2, 0.25) is 0 Å². The van der Waals surface area contributed by atoms with Gasteiger partial charge in [-0.3, -0.25) is 0 Å². The Morgan fingerprint density at radius 2 is 2.50 bits per heavy atom. The third kappa shape index (κ3) is 2.41. The van der Waals surface area contributed by atoms with Gasteiger partial charge in [0.25, 0.3) is 0 Å². The van der Waals surface area contributed by atoms with Crippen molar-refractivity contribution < 1.29 is 5.11 Å². The van der Waals surface area contributed by atoms with Crippen molar-refractivity contribution in [2.24, 2.45) is 5.92 Å². The zero-order chi connectivity index (χ0) is 9.80. The third-order valence-corrected chi connectivity index (χ3v) is 3.07. The minimum Gasteiger partial charge on any atom is -0.396 e. The van der Waals surface area contributed by atoms with Gasteiger partial charge in [-0.05, 0) is 6.42 Å². The normalized spacial score (nSPS) is 25.8. The summed E-state index contributed by atoms with van der Waals surface area (Å²) in [6, 6.07) is 0.397. The molecule has 0 radical (unpaired) electrons. The van der Waals surface area contributed by atoms with Crippen molar-refractivity contribution in [3.05, 3.63) is 28.7 Å². The maximum atomic E-state index is 8.95. The van der Waals surface area contributed by atoms with E-state index in [0.717, 1.165) is 18.7 Å². The monoisotopic (exact) mass is 210 g/mol. The highest BCUT2D eigenvalue weighted by molar-refractivity contribution is 7.07. The Hall–Kier alpha value is -0.710. The number of aliphatic hydroxyl groups is 1. The fourth-order valence-electron chi connectivity index (χ4n) is 1.62. The quantitative estimate of drug-likeness (QED) is 0.733. The average molecular weight is 210 g/mol. The van der Waals surface area contributed by atoms with Crippen LogP contribution in [0, 0.1) is 5.92 Å². The number of aliphatic hydroxyl groups excluding tert-OH is 1. The van der Waals surface area contributed by atoms with E-state index in [-0.39, 0.29) is 6.61 Å². The van der Waals surface area contributed by atoms with Gasteiger partial charge in [0.1, 0.15) is 0 Å². The van der Waals surface area contributed by atoms with Crippen molar-refractivity contribution in [2.75, 3.05) is 6.61 Å². The predicted molar refractivity (Wildman–Crippen MR) is 57.1 cm³/mol. The van der Waals surface area contributed by atoms with Crippen LogP contribution < -0.4 is 5.32 Å². The summed E-state index contributed by atoms with van der Waals surface area (Å²) in [6.07, 6.45) is 5.21. The summed E-state index contributed by atoms with van der Waals surface area (Å²) < 4.78 is 0. The molecule has 1 aromatic rings. The Morgan fingerprint density at radius 3 is 3.14 bits per heavy atom. The Balaban J connectivity index is 1.75. The van der Waals surface area contributed by atoms with Gasteiger partial charge < -0.3 is 10.4 Å². The topological polar surface area (TPSA) is 45.1 Å². The highest BCUT2D eigenvalue weighted by Crippen LogP contribution is 2.17. The minimum absolute atomic E-state index is 0.255. The van der Waals surface area contributed by atoms with Crippen LogP contribution >= 0.6 is 11.3 Å². The molecule has 0 bridgehead atoms. The van der Waals surface area contributed by atoms with Crippen LogP contribution in [0.15, 0.2) is 23.0 Å². The molecule has 4 heteroatoms. The van der Waals surface area contributed by atoms with Gasteiger partial charge >= 0.3 is 0 Å². The van der Waals surface area contributed by atoms with Crippen LogP contribution in [0.2, 0.25) is 0 Å². The fourth-order valence-corrected chi connectivity index (χ4v) is 2.18. The zero-order valence-electron chi connectivity index (χ0n) is 7.89. The molecule has 0 spiro atoms. The summed E-state index contributed by atoms with van der Waals surface area (Å²) in [6.45, 7) is 1.07. The van der Waals surface area contributed by atoms with Crippen molar-refractivity contribution in [1.82, 2.24) is 10.3 Å². The first-order chi connectivity index (χ1) is 6.88. The molecule has 0 aromatic carbocycles. The second-order valence-electron chi connectivity index (χ2n) is 3.53. The molecule has 0 unspecified atom stereocenters. The Bertz CT molecular complexity index is 297. The third-order valence-electron chi connectivity index (χ3n) is 2.44. The van der Waals surface area contributed by atoms with E-state index < -0.39 is 0 Å². The maximum Gasteiger partial charge on any atom is 0.0795 e. The number of thiazole rings is 1. The summed E-state index contributed by atoms with van der Waals surface area (Å²) in [4.78, 5) is 4.20. The number of nitrogens with one attached hydrogen (secondary N) is 1. The van der Waals surface area contributed by atoms with Gasteiger partial charge in [0, 0.05) is 30.5 Å². The first-order valence-electron chi connectivity index (χ1n) is 4.78. The van der Waals surface area contributed by atoms with Gasteiger partial charge in [-0.1, -0.05) is 12.2 Å². The Kier molecular flexibility index (Phi) is 3.29. The smallest absolute Gasteiger partial charge is 0.0795 e. The molecule has 1 aromatic heterocycles. The second kappa shape index (κ2) is 4.68. The van der Waals surface area contributed by atoms with Crippen LogP contribution in [0.5, 0.6) is 0 Å². The van der Waals surface area contributed by atoms with Crippen LogP contribution in [0.25, 0.3) is 0 Å². The van der Waals surface area contributed by atoms with Gasteiger partial charge in [-0.25, -0.2) is 4.98 Å². The minimum atomic E-state index is 0.255. The van der Waals surface area contributed by atoms with Crippen LogP contribution in [0.1, 0.15) is 12.1 Å². The van der Waals surface area contributed by atoms with Crippen LogP contribution in [0.3, 0.4) is 0 Å². The molecule has 0 fully saturated rings. The van der Waals surface area contributed by atoms with E-state index in [9.17, 15) is 0 Å². The molecule has 0 saturated heterocycles. The van der Waals surface area contributed by atoms with Crippen molar-refractivity contribution in [2.45, 2.75) is 19.0 Å². The van der Waals surface area contributed by atoms with Gasteiger partial charge in [0.15, 0.2) is 0 Å². The standard InChI is InChI=1S/C10H14N2OS/c13-5-8-1-2-9(3-8)11-4-10-6-14-7-12-10/h1-2,6-9,11,13H,3-5H2/t8-,9+/m0/s1. The fraction of sp³-hybridized carbons (Fsp3) is 0.500. The highest BCUT2D eigenvalue weighted by atomic mass is 32.1. The van der Waals surface area contributed by atoms with Crippen LogP contribution in [-0.4, -0.2) is 22.7 Å². The van der Waals surface area contributed by atoms with Crippen molar-refractivity contribution in [3.8, 4) is 0 Å². The van der Waals surface area contributed by atoms with E-state index in [4.69, 9.17) is 5.11 Å². The molecular weight excluding hydrogens is 196 g/mol. The molecule has 2 atom stereocenters. The molecule has 2 N–H and O–H groups in total. The number of hydrogen-bond donors (Lipinski definition) is 2. The van der Waals surface area contributed by atoms with E-state index >= 15 is 0 Å². The lowest BCUT2D eigenvalue weighted by molar-refractivity contribution is 0.246. The summed E-state index contributed by atoms with van der Waals surface area (Å²) in [7, 11) is 0. The molecule has 76 valence electrons. The summed E-state index contributed by atoms with van der Waals surface area (Å²) in [5.41, 5.74) is 2.94. The molecule has 0 aliphatic heterocycles. The van der Waals surface area contributed by atoms with Crippen molar-refractivity contribution >= 4 is 11.3 Å². The number of rotatable bonds is 4. The van der Waals surface area contributed by atoms with Gasteiger partial charge in [-0.2, -0.15) is 0 Å². The molecule has 1 aliphatic carbocycles. The molecule has 3 nitrogen and oxygen atoms in total. The van der Waals surface area contributed by atoms with E-state index in [1.807, 2.05) is 5.51 Å². The first kappa shape index (κ1) is 9.83. The lowest BCUT2D eigenvalue weighted by atomic mass is 10.1. The number of hydrogen-bond acceptors (Lipinski definition) is 4. The molecule has 14 heavy (non-hydrogen) atoms. The molecule has 0 amide bonds. The SMILES string of the molecule is OC[C@H]1C=C[C@@H](NCc2cscn2)C1. The van der Waals surface area contributed by atoms with Crippen LogP contribution in [-0.2, 0) is 6.54 Å². The van der Waals surface area contributed by atoms with Crippen LogP contribution in [0.4, 0.5) is 0 Å². The van der Waals surface area contributed by atoms with Crippen molar-refractivity contribution in [1.29, 1.82) is 0 Å². The summed E-state index contributed by atoms with van der Waals surface area (Å²) in [5, 5.41) is 14.4. The molecule has 0 saturated carbocycles. The molecule has 1 aliphatic rings. The number of aromatic nitrogens is 1. The lowest BCUT2D eigenvalue weighted by Gasteiger charge is -2.11. The Labute approximate surface area is 87.5 Å². The molecule has 2 rings (SSSR count). The van der Waals surface area contributed by atoms with E-state index in [1.165, 1.54) is 0 Å². The van der Waals surface area contributed by atoms with Gasteiger partial charge in [0.05, 0.1) is 11.2 Å². The average Bonchev–Trinajstić information content (AvgIpc) is 2.86. The van der Waals surface area contributed by atoms with E-state index in [0.29, 0.717) is 12.0 Å². The first-order valence-corrected chi connectivity index (χ1v) is 5.72. The van der Waals surface area contributed by atoms with Gasteiger partial charge in [-0.15, -0.1) is 11.3 Å². The largest absolute Gasteiger partial charge is 0.396 e. The summed E-state index contributed by atoms with van der Waals surface area (Å²) in [5.74, 6) is 0.336. The Morgan fingerprint density at radius 1 is 1.57 bits per heavy atom. The second-order valence-corrected chi connectivity index (χ2v) is 4.25. The zero-order valence-corrected chi connectivity index (χ0v) is 8.70. The highest BCUT2D eigenvalue weighted by Gasteiger charge is 2.17. The summed E-state index contributed by atoms with van der Waals surface area (Å²) >= 11 is 1.62. The predicted octanol–water partition coefficient (Wildman–Crippen LogP) is 1.17. The maximum absolute atomic E-state index is 8.95.